The first-order valence-electron chi connectivity index (χ1n) is 9.86. The number of carbonyl (C=O) groups excluding carboxylic acids is 2. The number of amides is 2. The van der Waals surface area contributed by atoms with Gasteiger partial charge in [-0.1, -0.05) is 26.0 Å². The van der Waals surface area contributed by atoms with E-state index in [4.69, 9.17) is 4.74 Å². The Morgan fingerprint density at radius 1 is 1.45 bits per heavy atom. The highest BCUT2D eigenvalue weighted by Crippen LogP contribution is 2.34. The van der Waals surface area contributed by atoms with E-state index in [-0.39, 0.29) is 24.8 Å². The van der Waals surface area contributed by atoms with E-state index in [1.165, 1.54) is 11.9 Å². The Hall–Kier alpha value is -2.04. The highest BCUT2D eigenvalue weighted by Gasteiger charge is 2.44. The van der Waals surface area contributed by atoms with Gasteiger partial charge in [-0.25, -0.2) is 4.68 Å². The number of nitrogens with one attached hydrogen (secondary N) is 1. The van der Waals surface area contributed by atoms with Crippen molar-refractivity contribution in [2.24, 2.45) is 5.41 Å². The average molecular weight is 411 g/mol. The molecule has 10 nitrogen and oxygen atoms in total. The minimum absolute atomic E-state index is 0.130. The molecule has 10 heteroatoms. The van der Waals surface area contributed by atoms with E-state index in [2.05, 4.69) is 20.5 Å². The van der Waals surface area contributed by atoms with E-state index in [9.17, 15) is 14.7 Å². The van der Waals surface area contributed by atoms with Crippen molar-refractivity contribution >= 4 is 11.8 Å². The number of likely N-dealkylation sites (N-methyl/N-ethyl adjacent to an activating group) is 2. The molecule has 2 heterocycles. The number of β-amino-alcohol motifs (C(OH)–C–C–N with tert-alkyl or cyclic N) is 1. The van der Waals surface area contributed by atoms with Crippen LogP contribution in [-0.2, 0) is 20.9 Å². The minimum atomic E-state index is -0.720. The topological polar surface area (TPSA) is 113 Å². The molecule has 1 saturated heterocycles. The maximum absolute atomic E-state index is 13.5. The van der Waals surface area contributed by atoms with Gasteiger partial charge in [-0.2, -0.15) is 0 Å². The second-order valence-electron chi connectivity index (χ2n) is 8.70. The number of aromatic nitrogens is 3. The zero-order valence-electron chi connectivity index (χ0n) is 18.3. The van der Waals surface area contributed by atoms with E-state index in [1.807, 2.05) is 27.8 Å². The van der Waals surface area contributed by atoms with Crippen LogP contribution < -0.4 is 5.32 Å². The van der Waals surface area contributed by atoms with Crippen molar-refractivity contribution in [2.75, 3.05) is 40.9 Å². The SMILES string of the molecule is CNC(=O)[C@@H]1C[C@@H](O)CN1C(=O)[C@@H](n1cc(CN(C)CCOC)nn1)C(C)(C)C. The van der Waals surface area contributed by atoms with E-state index >= 15 is 0 Å². The Balaban J connectivity index is 2.24. The third kappa shape index (κ3) is 5.74. The number of nitrogens with zero attached hydrogens (tertiary/aromatic N) is 5. The van der Waals surface area contributed by atoms with E-state index < -0.39 is 23.6 Å². The highest BCUT2D eigenvalue weighted by molar-refractivity contribution is 5.90. The second-order valence-corrected chi connectivity index (χ2v) is 8.70. The van der Waals surface area contributed by atoms with Crippen LogP contribution in [0.5, 0.6) is 0 Å². The molecule has 29 heavy (non-hydrogen) atoms. The highest BCUT2D eigenvalue weighted by atomic mass is 16.5. The van der Waals surface area contributed by atoms with Gasteiger partial charge in [-0.3, -0.25) is 14.5 Å². The number of carbonyl (C=O) groups is 2. The van der Waals surface area contributed by atoms with Gasteiger partial charge >= 0.3 is 0 Å². The number of hydrogen-bond donors (Lipinski definition) is 2. The summed E-state index contributed by atoms with van der Waals surface area (Å²) in [6.07, 6.45) is 1.29. The molecular weight excluding hydrogens is 376 g/mol. The molecule has 1 aromatic heterocycles. The molecule has 0 aromatic carbocycles. The predicted octanol–water partition coefficient (Wildman–Crippen LogP) is -0.349. The van der Waals surface area contributed by atoms with Crippen molar-refractivity contribution in [3.63, 3.8) is 0 Å². The summed E-state index contributed by atoms with van der Waals surface area (Å²) < 4.78 is 6.66. The fourth-order valence-electron chi connectivity index (χ4n) is 3.62. The van der Waals surface area contributed by atoms with Gasteiger partial charge in [0.1, 0.15) is 12.1 Å². The van der Waals surface area contributed by atoms with Gasteiger partial charge in [0.05, 0.1) is 24.6 Å². The lowest BCUT2D eigenvalue weighted by Crippen LogP contribution is -2.49. The Morgan fingerprint density at radius 3 is 2.72 bits per heavy atom. The summed E-state index contributed by atoms with van der Waals surface area (Å²) in [6.45, 7) is 7.92. The molecule has 2 rings (SSSR count). The van der Waals surface area contributed by atoms with Crippen LogP contribution in [0.1, 0.15) is 38.9 Å². The Kier molecular flexibility index (Phi) is 7.73. The molecule has 1 aromatic rings. The van der Waals surface area contributed by atoms with Crippen molar-refractivity contribution < 1.29 is 19.4 Å². The number of rotatable bonds is 8. The van der Waals surface area contributed by atoms with Gasteiger partial charge in [0.25, 0.3) is 0 Å². The van der Waals surface area contributed by atoms with Crippen LogP contribution in [0, 0.1) is 5.41 Å². The van der Waals surface area contributed by atoms with Crippen LogP contribution in [-0.4, -0.2) is 94.8 Å². The summed E-state index contributed by atoms with van der Waals surface area (Å²) in [5, 5.41) is 21.1. The quantitative estimate of drug-likeness (QED) is 0.602. The fourth-order valence-corrected chi connectivity index (χ4v) is 3.62. The van der Waals surface area contributed by atoms with Gasteiger partial charge in [0.15, 0.2) is 0 Å². The summed E-state index contributed by atoms with van der Waals surface area (Å²) in [5.74, 6) is -0.520. The molecule has 164 valence electrons. The zero-order chi connectivity index (χ0) is 21.8. The molecule has 3 atom stereocenters. The first-order chi connectivity index (χ1) is 13.6. The third-order valence-electron chi connectivity index (χ3n) is 5.10. The molecule has 2 amide bonds. The fraction of sp³-hybridized carbons (Fsp3) is 0.789. The molecule has 1 aliphatic rings. The van der Waals surface area contributed by atoms with Gasteiger partial charge in [-0.15, -0.1) is 5.10 Å². The van der Waals surface area contributed by atoms with Crippen molar-refractivity contribution in [3.8, 4) is 0 Å². The standard InChI is InChI=1S/C19H34N6O4/c1-19(2,3)16(18(28)24-12-14(26)9-15(24)17(27)20-4)25-11-13(21-22-25)10-23(5)7-8-29-6/h11,14-16,26H,7-10,12H2,1-6H3,(H,20,27)/t14-,15+,16-/m1/s1. The van der Waals surface area contributed by atoms with E-state index in [1.54, 1.807) is 18.0 Å². The number of ether oxygens (including phenoxy) is 1. The maximum atomic E-state index is 13.5. The number of methoxy groups -OCH3 is 1. The number of aliphatic hydroxyl groups excluding tert-OH is 1. The molecule has 0 unspecified atom stereocenters. The Bertz CT molecular complexity index is 701. The van der Waals surface area contributed by atoms with Gasteiger partial charge in [0.2, 0.25) is 11.8 Å². The lowest BCUT2D eigenvalue weighted by Gasteiger charge is -2.34. The van der Waals surface area contributed by atoms with E-state index in [0.29, 0.717) is 13.2 Å². The van der Waals surface area contributed by atoms with Gasteiger partial charge < -0.3 is 20.1 Å². The zero-order valence-corrected chi connectivity index (χ0v) is 18.3. The van der Waals surface area contributed by atoms with Crippen LogP contribution in [0.15, 0.2) is 6.20 Å². The van der Waals surface area contributed by atoms with Crippen LogP contribution >= 0.6 is 0 Å². The first-order valence-corrected chi connectivity index (χ1v) is 9.86. The number of hydrogen-bond acceptors (Lipinski definition) is 7. The van der Waals surface area contributed by atoms with Crippen LogP contribution in [0.3, 0.4) is 0 Å². The number of likely N-dealkylation sites (tertiary alicyclic amines) is 1. The van der Waals surface area contributed by atoms with Crippen LogP contribution in [0.25, 0.3) is 0 Å². The van der Waals surface area contributed by atoms with Crippen molar-refractivity contribution in [2.45, 2.75) is 51.9 Å². The molecule has 0 spiro atoms. The lowest BCUT2D eigenvalue weighted by molar-refractivity contribution is -0.144. The normalized spacial score (nSPS) is 20.9. The Labute approximate surface area is 172 Å². The van der Waals surface area contributed by atoms with Crippen molar-refractivity contribution in [3.05, 3.63) is 11.9 Å². The van der Waals surface area contributed by atoms with E-state index in [0.717, 1.165) is 12.2 Å². The maximum Gasteiger partial charge on any atom is 0.248 e. The lowest BCUT2D eigenvalue weighted by atomic mass is 9.85. The molecule has 2 N–H and O–H groups in total. The Morgan fingerprint density at radius 2 is 2.14 bits per heavy atom. The molecule has 0 radical (unpaired) electrons. The number of aliphatic hydroxyl groups is 1. The largest absolute Gasteiger partial charge is 0.391 e. The molecular formula is C19H34N6O4. The average Bonchev–Trinajstić information content (AvgIpc) is 3.24. The molecule has 1 aliphatic heterocycles. The van der Waals surface area contributed by atoms with Gasteiger partial charge in [-0.05, 0) is 12.5 Å². The van der Waals surface area contributed by atoms with Crippen LogP contribution in [0.4, 0.5) is 0 Å². The smallest absolute Gasteiger partial charge is 0.248 e. The monoisotopic (exact) mass is 410 g/mol. The summed E-state index contributed by atoms with van der Waals surface area (Å²) >= 11 is 0. The molecule has 0 bridgehead atoms. The summed E-state index contributed by atoms with van der Waals surface area (Å²) in [4.78, 5) is 29.2. The molecule has 1 fully saturated rings. The second kappa shape index (κ2) is 9.64. The minimum Gasteiger partial charge on any atom is -0.391 e. The summed E-state index contributed by atoms with van der Waals surface area (Å²) in [7, 11) is 5.15. The predicted molar refractivity (Wildman–Crippen MR) is 107 cm³/mol. The molecule has 0 aliphatic carbocycles. The first kappa shape index (κ1) is 23.2. The van der Waals surface area contributed by atoms with Crippen LogP contribution in [0.2, 0.25) is 0 Å². The summed E-state index contributed by atoms with van der Waals surface area (Å²) in [6, 6.07) is -1.33. The third-order valence-corrected chi connectivity index (χ3v) is 5.10. The van der Waals surface area contributed by atoms with Crippen molar-refractivity contribution in [1.82, 2.24) is 30.1 Å². The van der Waals surface area contributed by atoms with Gasteiger partial charge in [0, 0.05) is 40.2 Å². The molecule has 0 saturated carbocycles. The summed E-state index contributed by atoms with van der Waals surface area (Å²) in [5.41, 5.74) is 0.278. The van der Waals surface area contributed by atoms with Crippen molar-refractivity contribution in [1.29, 1.82) is 0 Å².